The lowest BCUT2D eigenvalue weighted by Crippen LogP contribution is -2.61. The average molecular weight is 741 g/mol. The van der Waals surface area contributed by atoms with Crippen molar-refractivity contribution in [3.63, 3.8) is 0 Å². The van der Waals surface area contributed by atoms with Gasteiger partial charge in [-0.15, -0.1) is 0 Å². The molecule has 12 nitrogen and oxygen atoms in total. The van der Waals surface area contributed by atoms with E-state index in [-0.39, 0.29) is 59.1 Å². The van der Waals surface area contributed by atoms with Crippen LogP contribution in [0.2, 0.25) is 0 Å². The van der Waals surface area contributed by atoms with Crippen LogP contribution in [0.4, 0.5) is 4.79 Å². The number of phenolic OH excluding ortho intramolecular Hbond substituents is 1. The van der Waals surface area contributed by atoms with E-state index in [2.05, 4.69) is 0 Å². The number of phenols is 1. The van der Waals surface area contributed by atoms with Crippen LogP contribution in [-0.2, 0) is 32.6 Å². The van der Waals surface area contributed by atoms with Gasteiger partial charge in [-0.1, -0.05) is 54.1 Å². The van der Waals surface area contributed by atoms with E-state index in [0.717, 1.165) is 11.1 Å². The van der Waals surface area contributed by atoms with Crippen LogP contribution in [0.25, 0.3) is 6.08 Å². The summed E-state index contributed by atoms with van der Waals surface area (Å²) in [4.78, 5) is 31.7. The van der Waals surface area contributed by atoms with Crippen molar-refractivity contribution >= 4 is 28.2 Å². The number of carbonyl (C=O) groups is 2. The lowest BCUT2D eigenvalue weighted by molar-refractivity contribution is -0.141. The largest absolute Gasteiger partial charge is 0.504 e. The monoisotopic (exact) mass is 740 g/mol. The summed E-state index contributed by atoms with van der Waals surface area (Å²) in [6, 6.07) is 17.0. The molecule has 3 aliphatic heterocycles. The molecule has 4 aromatic carbocycles. The maximum atomic E-state index is 14.8. The first-order valence-corrected chi connectivity index (χ1v) is 18.6. The van der Waals surface area contributed by atoms with Gasteiger partial charge in [0.1, 0.15) is 17.0 Å². The number of fused-ring (bicyclic) bond motifs is 5. The summed E-state index contributed by atoms with van der Waals surface area (Å²) in [5.74, 6) is 0.234. The third kappa shape index (κ3) is 6.39. The number of piperazine rings is 1. The van der Waals surface area contributed by atoms with Crippen LogP contribution in [0.5, 0.6) is 28.7 Å². The standard InChI is InChI=1S/C40H40N2O10S/c1-22(2)51-40(45)42-31-17-27-16-24(4)36(48-6)35(43)33(27)34(42)30(41(39(31)44)20-26-10-8-7-9-11-26)18-28-19-32-38(50-21-49-32)25(5)37(28)52-53(46,47)29-14-12-23(3)13-15-29/h7-16,18-19,22,31,34,43H,17,20-21H2,1-6H3/b30-18+/t31-,34-/m0/s1. The van der Waals surface area contributed by atoms with Gasteiger partial charge in [0, 0.05) is 28.8 Å². The zero-order valence-electron chi connectivity index (χ0n) is 30.2. The molecule has 0 unspecified atom stereocenters. The maximum Gasteiger partial charge on any atom is 0.411 e. The van der Waals surface area contributed by atoms with Crippen molar-refractivity contribution in [2.75, 3.05) is 13.9 Å². The summed E-state index contributed by atoms with van der Waals surface area (Å²) in [5.41, 5.74) is 4.17. The van der Waals surface area contributed by atoms with Crippen LogP contribution in [-0.4, -0.2) is 61.4 Å². The van der Waals surface area contributed by atoms with E-state index in [4.69, 9.17) is 23.1 Å². The Morgan fingerprint density at radius 2 is 1.74 bits per heavy atom. The molecule has 2 atom stereocenters. The molecule has 3 heterocycles. The van der Waals surface area contributed by atoms with Crippen molar-refractivity contribution in [1.82, 2.24) is 9.80 Å². The van der Waals surface area contributed by atoms with Gasteiger partial charge in [-0.05, 0) is 75.6 Å². The second-order valence-electron chi connectivity index (χ2n) is 13.6. The molecular formula is C40H40N2O10S. The number of rotatable bonds is 8. The number of aromatic hydroxyl groups is 1. The van der Waals surface area contributed by atoms with Crippen molar-refractivity contribution in [3.05, 3.63) is 111 Å². The molecule has 7 rings (SSSR count). The van der Waals surface area contributed by atoms with Crippen molar-refractivity contribution in [2.45, 2.75) is 70.7 Å². The molecule has 276 valence electrons. The lowest BCUT2D eigenvalue weighted by atomic mass is 9.80. The van der Waals surface area contributed by atoms with E-state index >= 15 is 0 Å². The van der Waals surface area contributed by atoms with Gasteiger partial charge in [-0.3, -0.25) is 9.69 Å². The molecule has 0 aliphatic carbocycles. The summed E-state index contributed by atoms with van der Waals surface area (Å²) >= 11 is 0. The van der Waals surface area contributed by atoms with Gasteiger partial charge in [0.25, 0.3) is 0 Å². The first-order valence-electron chi connectivity index (χ1n) is 17.2. The second kappa shape index (κ2) is 13.7. The maximum absolute atomic E-state index is 14.8. The number of aryl methyl sites for hydroxylation is 2. The van der Waals surface area contributed by atoms with Gasteiger partial charge in [0.2, 0.25) is 12.7 Å². The zero-order valence-corrected chi connectivity index (χ0v) is 31.0. The number of nitrogens with zero attached hydrogens (tertiary/aromatic N) is 2. The van der Waals surface area contributed by atoms with Gasteiger partial charge < -0.3 is 33.1 Å². The van der Waals surface area contributed by atoms with Crippen molar-refractivity contribution in [2.24, 2.45) is 0 Å². The number of amides is 2. The van der Waals surface area contributed by atoms with Crippen LogP contribution in [0.1, 0.15) is 58.8 Å². The molecule has 2 amide bonds. The Hall–Kier alpha value is -5.69. The fourth-order valence-corrected chi connectivity index (χ4v) is 8.22. The molecule has 13 heteroatoms. The topological polar surface area (TPSA) is 141 Å². The highest BCUT2D eigenvalue weighted by molar-refractivity contribution is 7.87. The first kappa shape index (κ1) is 35.7. The third-order valence-electron chi connectivity index (χ3n) is 9.62. The Bertz CT molecular complexity index is 2250. The van der Waals surface area contributed by atoms with Gasteiger partial charge in [-0.2, -0.15) is 8.42 Å². The molecule has 0 saturated carbocycles. The molecule has 0 aromatic heterocycles. The van der Waals surface area contributed by atoms with Crippen LogP contribution >= 0.6 is 0 Å². The zero-order chi connectivity index (χ0) is 37.8. The summed E-state index contributed by atoms with van der Waals surface area (Å²) in [6.45, 7) is 8.72. The normalized spacial score (nSPS) is 18.3. The first-order chi connectivity index (χ1) is 25.3. The minimum absolute atomic E-state index is 0.0589. The molecular weight excluding hydrogens is 701 g/mol. The summed E-state index contributed by atoms with van der Waals surface area (Å²) in [5, 5.41) is 11.9. The van der Waals surface area contributed by atoms with E-state index in [1.165, 1.54) is 24.1 Å². The predicted molar refractivity (Wildman–Crippen MR) is 194 cm³/mol. The minimum Gasteiger partial charge on any atom is -0.504 e. The number of benzene rings is 4. The smallest absolute Gasteiger partial charge is 0.411 e. The average Bonchev–Trinajstić information content (AvgIpc) is 3.59. The highest BCUT2D eigenvalue weighted by Crippen LogP contribution is 2.53. The molecule has 1 N–H and O–H groups in total. The minimum atomic E-state index is -4.38. The Kier molecular flexibility index (Phi) is 9.23. The Balaban J connectivity index is 1.50. The second-order valence-corrected chi connectivity index (χ2v) is 15.1. The third-order valence-corrected chi connectivity index (χ3v) is 10.9. The Labute approximate surface area is 308 Å². The molecule has 2 bridgehead atoms. The molecule has 4 aromatic rings. The van der Waals surface area contributed by atoms with Crippen molar-refractivity contribution < 1.29 is 46.2 Å². The molecule has 0 radical (unpaired) electrons. The SMILES string of the molecule is COc1c(C)cc2c(c1O)[C@@H]1/C(=C\c3cc4c(c(C)c3OS(=O)(=O)c3ccc(C)cc3)OCO4)N(Cc3ccccc3)C(=O)[C@H](C2)N1C(=O)OC(C)C. The number of hydrogen-bond acceptors (Lipinski definition) is 10. The quantitative estimate of drug-likeness (QED) is 0.194. The fourth-order valence-electron chi connectivity index (χ4n) is 7.22. The van der Waals surface area contributed by atoms with E-state index in [1.54, 1.807) is 56.9 Å². The summed E-state index contributed by atoms with van der Waals surface area (Å²) < 4.78 is 56.4. The lowest BCUT2D eigenvalue weighted by Gasteiger charge is -2.50. The molecule has 53 heavy (non-hydrogen) atoms. The van der Waals surface area contributed by atoms with E-state index in [0.29, 0.717) is 33.8 Å². The summed E-state index contributed by atoms with van der Waals surface area (Å²) in [6.07, 6.45) is 0.449. The number of methoxy groups -OCH3 is 1. The van der Waals surface area contributed by atoms with Gasteiger partial charge >= 0.3 is 16.2 Å². The number of ether oxygens (including phenoxy) is 4. The number of hydrogen-bond donors (Lipinski definition) is 1. The Morgan fingerprint density at radius 3 is 2.42 bits per heavy atom. The molecule has 1 saturated heterocycles. The van der Waals surface area contributed by atoms with Crippen LogP contribution < -0.4 is 18.4 Å². The molecule has 1 fully saturated rings. The van der Waals surface area contributed by atoms with Crippen molar-refractivity contribution in [3.8, 4) is 28.7 Å². The highest BCUT2D eigenvalue weighted by atomic mass is 32.2. The molecule has 3 aliphatic rings. The highest BCUT2D eigenvalue weighted by Gasteiger charge is 2.53. The summed E-state index contributed by atoms with van der Waals surface area (Å²) in [7, 11) is -2.93. The van der Waals surface area contributed by atoms with E-state index in [1.807, 2.05) is 43.3 Å². The Morgan fingerprint density at radius 1 is 1.02 bits per heavy atom. The van der Waals surface area contributed by atoms with Gasteiger partial charge in [-0.25, -0.2) is 4.79 Å². The van der Waals surface area contributed by atoms with Crippen LogP contribution in [0.3, 0.4) is 0 Å². The van der Waals surface area contributed by atoms with E-state index in [9.17, 15) is 23.1 Å². The van der Waals surface area contributed by atoms with Gasteiger partial charge in [0.15, 0.2) is 28.7 Å². The molecule has 0 spiro atoms. The van der Waals surface area contributed by atoms with E-state index < -0.39 is 34.4 Å². The fraction of sp³-hybridized carbons (Fsp3) is 0.300. The van der Waals surface area contributed by atoms with Crippen LogP contribution in [0.15, 0.2) is 77.3 Å². The predicted octanol–water partition coefficient (Wildman–Crippen LogP) is 6.72. The van der Waals surface area contributed by atoms with Gasteiger partial charge in [0.05, 0.1) is 19.8 Å². The van der Waals surface area contributed by atoms with Crippen molar-refractivity contribution in [1.29, 1.82) is 0 Å². The van der Waals surface area contributed by atoms with Crippen LogP contribution in [0, 0.1) is 20.8 Å². The number of carbonyl (C=O) groups excluding carboxylic acids is 2.